The zero-order valence-corrected chi connectivity index (χ0v) is 15.0. The third kappa shape index (κ3) is 3.44. The van der Waals surface area contributed by atoms with E-state index in [2.05, 4.69) is 48.2 Å². The molecule has 2 aromatic heterocycles. The third-order valence-corrected chi connectivity index (χ3v) is 4.90. The number of aromatic amines is 1. The first-order valence-corrected chi connectivity index (χ1v) is 9.29. The number of aliphatic imine (C=N–C) groups is 1. The Balaban J connectivity index is 2.02. The van der Waals surface area contributed by atoms with E-state index in [9.17, 15) is 0 Å². The number of hydrogen-bond donors (Lipinski definition) is 2. The summed E-state index contributed by atoms with van der Waals surface area (Å²) in [6.45, 7) is 4.40. The van der Waals surface area contributed by atoms with Crippen LogP contribution >= 0.6 is 11.3 Å². The highest BCUT2D eigenvalue weighted by molar-refractivity contribution is 7.12. The highest BCUT2D eigenvalue weighted by atomic mass is 32.1. The van der Waals surface area contributed by atoms with Gasteiger partial charge in [-0.05, 0) is 48.1 Å². The van der Waals surface area contributed by atoms with Gasteiger partial charge in [0.2, 0.25) is 0 Å². The standard InChI is InChI=1S/C20H23N3S/c1-3-6-14(7-4-2)17-13-22-18-10-9-15(12-16(17)18)23-20(21)19-8-5-11-24-19/h5-6,8-13,22H,3-4,7H2,1-2H3,(H2,21,23)/b14-6+. The van der Waals surface area contributed by atoms with Gasteiger partial charge < -0.3 is 10.7 Å². The molecule has 0 spiro atoms. The fraction of sp³-hybridized carbons (Fsp3) is 0.250. The Labute approximate surface area is 146 Å². The first-order valence-electron chi connectivity index (χ1n) is 8.41. The van der Waals surface area contributed by atoms with Crippen LogP contribution in [0.25, 0.3) is 16.5 Å². The van der Waals surface area contributed by atoms with E-state index in [1.54, 1.807) is 11.3 Å². The second kappa shape index (κ2) is 7.49. The third-order valence-electron chi connectivity index (χ3n) is 4.00. The summed E-state index contributed by atoms with van der Waals surface area (Å²) in [7, 11) is 0. The molecular formula is C20H23N3S. The fourth-order valence-electron chi connectivity index (χ4n) is 2.92. The molecular weight excluding hydrogens is 314 g/mol. The first kappa shape index (κ1) is 16.5. The lowest BCUT2D eigenvalue weighted by Gasteiger charge is -2.06. The van der Waals surface area contributed by atoms with Gasteiger partial charge >= 0.3 is 0 Å². The maximum atomic E-state index is 6.13. The second-order valence-corrected chi connectivity index (χ2v) is 6.74. The average Bonchev–Trinajstić information content (AvgIpc) is 3.24. The minimum atomic E-state index is 0.569. The van der Waals surface area contributed by atoms with Gasteiger partial charge in [-0.3, -0.25) is 0 Å². The van der Waals surface area contributed by atoms with Crippen LogP contribution in [-0.4, -0.2) is 10.8 Å². The van der Waals surface area contributed by atoms with Crippen LogP contribution in [0.15, 0.2) is 53.0 Å². The SMILES string of the molecule is CC/C=C(\CCC)c1c[nH]c2ccc(N=C(N)c3cccs3)cc12. The maximum Gasteiger partial charge on any atom is 0.141 e. The van der Waals surface area contributed by atoms with Gasteiger partial charge in [0, 0.05) is 22.7 Å². The summed E-state index contributed by atoms with van der Waals surface area (Å²) in [6, 6.07) is 10.2. The molecule has 3 N–H and O–H groups in total. The van der Waals surface area contributed by atoms with Crippen molar-refractivity contribution in [2.45, 2.75) is 33.1 Å². The molecule has 3 rings (SSSR count). The number of allylic oxidation sites excluding steroid dienone is 2. The molecule has 0 atom stereocenters. The van der Waals surface area contributed by atoms with Crippen molar-refractivity contribution < 1.29 is 0 Å². The van der Waals surface area contributed by atoms with E-state index in [4.69, 9.17) is 5.73 Å². The maximum absolute atomic E-state index is 6.13. The molecule has 4 heteroatoms. The molecule has 0 unspecified atom stereocenters. The molecule has 0 fully saturated rings. The Morgan fingerprint density at radius 3 is 2.88 bits per heavy atom. The van der Waals surface area contributed by atoms with Gasteiger partial charge in [-0.25, -0.2) is 4.99 Å². The molecule has 1 aromatic carbocycles. The molecule has 0 aliphatic carbocycles. The first-order chi connectivity index (χ1) is 11.7. The number of amidine groups is 1. The number of nitrogens with one attached hydrogen (secondary N) is 1. The van der Waals surface area contributed by atoms with Crippen molar-refractivity contribution in [1.29, 1.82) is 0 Å². The van der Waals surface area contributed by atoms with Crippen LogP contribution in [0.3, 0.4) is 0 Å². The molecule has 0 radical (unpaired) electrons. The van der Waals surface area contributed by atoms with Crippen LogP contribution in [0.2, 0.25) is 0 Å². The van der Waals surface area contributed by atoms with E-state index >= 15 is 0 Å². The fourth-order valence-corrected chi connectivity index (χ4v) is 3.55. The van der Waals surface area contributed by atoms with E-state index in [1.165, 1.54) is 16.5 Å². The lowest BCUT2D eigenvalue weighted by molar-refractivity contribution is 0.968. The van der Waals surface area contributed by atoms with Crippen LogP contribution in [0.1, 0.15) is 43.6 Å². The molecule has 0 amide bonds. The summed E-state index contributed by atoms with van der Waals surface area (Å²) >= 11 is 1.61. The van der Waals surface area contributed by atoms with Crippen LogP contribution in [0, 0.1) is 0 Å². The van der Waals surface area contributed by atoms with Gasteiger partial charge in [0.25, 0.3) is 0 Å². The molecule has 2 heterocycles. The van der Waals surface area contributed by atoms with Crippen LogP contribution in [-0.2, 0) is 0 Å². The summed E-state index contributed by atoms with van der Waals surface area (Å²) in [5.74, 6) is 0.569. The van der Waals surface area contributed by atoms with E-state index in [1.807, 2.05) is 23.6 Å². The minimum Gasteiger partial charge on any atom is -0.383 e. The van der Waals surface area contributed by atoms with E-state index in [0.29, 0.717) is 5.84 Å². The average molecular weight is 337 g/mol. The smallest absolute Gasteiger partial charge is 0.141 e. The molecule has 3 nitrogen and oxygen atoms in total. The Hall–Kier alpha value is -2.33. The van der Waals surface area contributed by atoms with Crippen LogP contribution in [0.4, 0.5) is 5.69 Å². The van der Waals surface area contributed by atoms with Gasteiger partial charge in [0.05, 0.1) is 10.6 Å². The Kier molecular flexibility index (Phi) is 5.16. The predicted octanol–water partition coefficient (Wildman–Crippen LogP) is 5.86. The number of nitrogens with two attached hydrogens (primary N) is 1. The van der Waals surface area contributed by atoms with E-state index in [0.717, 1.165) is 35.3 Å². The Morgan fingerprint density at radius 2 is 2.17 bits per heavy atom. The summed E-state index contributed by atoms with van der Waals surface area (Å²) in [6.07, 6.45) is 7.71. The van der Waals surface area contributed by atoms with Gasteiger partial charge in [0.1, 0.15) is 5.84 Å². The number of fused-ring (bicyclic) bond motifs is 1. The van der Waals surface area contributed by atoms with Crippen molar-refractivity contribution in [3.05, 3.63) is 58.4 Å². The number of H-pyrrole nitrogens is 1. The van der Waals surface area contributed by atoms with Crippen LogP contribution < -0.4 is 5.73 Å². The van der Waals surface area contributed by atoms with Crippen molar-refractivity contribution in [1.82, 2.24) is 4.98 Å². The monoisotopic (exact) mass is 337 g/mol. The number of hydrogen-bond acceptors (Lipinski definition) is 2. The summed E-state index contributed by atoms with van der Waals surface area (Å²) in [4.78, 5) is 8.97. The predicted molar refractivity (Wildman–Crippen MR) is 106 cm³/mol. The van der Waals surface area contributed by atoms with Crippen molar-refractivity contribution in [3.63, 3.8) is 0 Å². The molecule has 0 saturated carbocycles. The molecule has 124 valence electrons. The lowest BCUT2D eigenvalue weighted by Crippen LogP contribution is -2.10. The van der Waals surface area contributed by atoms with E-state index in [-0.39, 0.29) is 0 Å². The van der Waals surface area contributed by atoms with Gasteiger partial charge in [-0.1, -0.05) is 32.4 Å². The quantitative estimate of drug-likeness (QED) is 0.429. The van der Waals surface area contributed by atoms with Gasteiger partial charge in [-0.2, -0.15) is 0 Å². The summed E-state index contributed by atoms with van der Waals surface area (Å²) < 4.78 is 0. The molecule has 3 aromatic rings. The molecule has 0 aliphatic heterocycles. The van der Waals surface area contributed by atoms with Crippen molar-refractivity contribution >= 4 is 39.3 Å². The topological polar surface area (TPSA) is 54.2 Å². The minimum absolute atomic E-state index is 0.569. The summed E-state index contributed by atoms with van der Waals surface area (Å²) in [5, 5.41) is 3.22. The van der Waals surface area contributed by atoms with E-state index < -0.39 is 0 Å². The number of rotatable bonds is 6. The lowest BCUT2D eigenvalue weighted by atomic mass is 9.99. The number of aromatic nitrogens is 1. The normalized spacial score (nSPS) is 12.9. The number of benzene rings is 1. The highest BCUT2D eigenvalue weighted by Crippen LogP contribution is 2.31. The molecule has 24 heavy (non-hydrogen) atoms. The molecule has 0 aliphatic rings. The Morgan fingerprint density at radius 1 is 1.29 bits per heavy atom. The number of nitrogens with zero attached hydrogens (tertiary/aromatic N) is 1. The highest BCUT2D eigenvalue weighted by Gasteiger charge is 2.09. The zero-order chi connectivity index (χ0) is 16.9. The molecule has 0 saturated heterocycles. The second-order valence-electron chi connectivity index (χ2n) is 5.79. The van der Waals surface area contributed by atoms with Crippen molar-refractivity contribution in [2.24, 2.45) is 10.7 Å². The van der Waals surface area contributed by atoms with Crippen LogP contribution in [0.5, 0.6) is 0 Å². The number of thiophene rings is 1. The Bertz CT molecular complexity index is 870. The van der Waals surface area contributed by atoms with Gasteiger partial charge in [0.15, 0.2) is 0 Å². The summed E-state index contributed by atoms with van der Waals surface area (Å²) in [5.41, 5.74) is 10.8. The molecule has 0 bridgehead atoms. The van der Waals surface area contributed by atoms with Gasteiger partial charge in [-0.15, -0.1) is 11.3 Å². The zero-order valence-electron chi connectivity index (χ0n) is 14.2. The van der Waals surface area contributed by atoms with Crippen molar-refractivity contribution in [3.8, 4) is 0 Å². The van der Waals surface area contributed by atoms with Crippen molar-refractivity contribution in [2.75, 3.05) is 0 Å². The largest absolute Gasteiger partial charge is 0.383 e.